The Balaban J connectivity index is 2.74. The molecule has 0 aliphatic heterocycles. The van der Waals surface area contributed by atoms with Gasteiger partial charge in [0, 0.05) is 9.86 Å². The molecule has 0 aliphatic rings. The Kier molecular flexibility index (Phi) is 2.58. The molecule has 0 radical (unpaired) electrons. The van der Waals surface area contributed by atoms with Crippen LogP contribution in [0.3, 0.4) is 0 Å². The number of fused-ring (bicyclic) bond motifs is 1. The predicted molar refractivity (Wildman–Crippen MR) is 58.3 cm³/mol. The fraction of sp³-hybridized carbons (Fsp3) is 0.0909. The molecule has 0 unspecified atom stereocenters. The summed E-state index contributed by atoms with van der Waals surface area (Å²) in [5.41, 5.74) is -0.847. The van der Waals surface area contributed by atoms with Crippen molar-refractivity contribution in [2.45, 2.75) is 6.18 Å². The maximum atomic E-state index is 12.5. The molecule has 1 nitrogen and oxygen atoms in total. The van der Waals surface area contributed by atoms with E-state index in [1.165, 1.54) is 6.07 Å². The molecule has 2 aromatic rings. The van der Waals surface area contributed by atoms with Crippen molar-refractivity contribution in [1.29, 1.82) is 0 Å². The molecule has 0 heterocycles. The van der Waals surface area contributed by atoms with Crippen molar-refractivity contribution in [3.8, 4) is 5.75 Å². The van der Waals surface area contributed by atoms with E-state index in [9.17, 15) is 18.3 Å². The molecule has 2 rings (SSSR count). The molecule has 0 atom stereocenters. The first kappa shape index (κ1) is 11.3. The second kappa shape index (κ2) is 3.66. The molecular weight excluding hydrogens is 285 g/mol. The van der Waals surface area contributed by atoms with Crippen LogP contribution >= 0.6 is 15.9 Å². The van der Waals surface area contributed by atoms with Crippen LogP contribution < -0.4 is 0 Å². The second-order valence-electron chi connectivity index (χ2n) is 3.36. The van der Waals surface area contributed by atoms with Gasteiger partial charge in [0.05, 0.1) is 5.56 Å². The van der Waals surface area contributed by atoms with Crippen molar-refractivity contribution >= 4 is 26.7 Å². The van der Waals surface area contributed by atoms with Gasteiger partial charge in [-0.15, -0.1) is 0 Å². The van der Waals surface area contributed by atoms with Crippen molar-refractivity contribution in [1.82, 2.24) is 0 Å². The molecule has 0 bridgehead atoms. The van der Waals surface area contributed by atoms with Crippen molar-refractivity contribution in [3.05, 3.63) is 40.4 Å². The number of rotatable bonds is 0. The predicted octanol–water partition coefficient (Wildman–Crippen LogP) is 4.33. The van der Waals surface area contributed by atoms with Crippen LogP contribution in [0.5, 0.6) is 5.75 Å². The molecule has 1 N–H and O–H groups in total. The smallest absolute Gasteiger partial charge is 0.416 e. The van der Waals surface area contributed by atoms with Gasteiger partial charge < -0.3 is 5.11 Å². The van der Waals surface area contributed by atoms with Gasteiger partial charge in [0.15, 0.2) is 0 Å². The summed E-state index contributed by atoms with van der Waals surface area (Å²) in [6.07, 6.45) is -4.45. The number of aromatic hydroxyl groups is 1. The number of hydrogen-bond donors (Lipinski definition) is 1. The summed E-state index contributed by atoms with van der Waals surface area (Å²) in [6, 6.07) is 6.47. The Morgan fingerprint density at radius 1 is 1.06 bits per heavy atom. The SMILES string of the molecule is Oc1cc(C(F)(F)F)cc2ccc(Br)cc12. The monoisotopic (exact) mass is 290 g/mol. The van der Waals surface area contributed by atoms with Gasteiger partial charge in [0.1, 0.15) is 5.75 Å². The van der Waals surface area contributed by atoms with E-state index in [0.717, 1.165) is 12.1 Å². The van der Waals surface area contributed by atoms with Gasteiger partial charge >= 0.3 is 6.18 Å². The van der Waals surface area contributed by atoms with Crippen LogP contribution in [0.1, 0.15) is 5.56 Å². The molecule has 0 aliphatic carbocycles. The van der Waals surface area contributed by atoms with Crippen LogP contribution in [-0.2, 0) is 6.18 Å². The minimum Gasteiger partial charge on any atom is -0.507 e. The highest BCUT2D eigenvalue weighted by Gasteiger charge is 2.31. The molecule has 0 amide bonds. The van der Waals surface area contributed by atoms with Crippen LogP contribution in [0.4, 0.5) is 13.2 Å². The highest BCUT2D eigenvalue weighted by atomic mass is 79.9. The zero-order chi connectivity index (χ0) is 11.9. The van der Waals surface area contributed by atoms with E-state index in [0.29, 0.717) is 15.2 Å². The number of phenolic OH excluding ortho intramolecular Hbond substituents is 1. The van der Waals surface area contributed by atoms with Gasteiger partial charge in [-0.3, -0.25) is 0 Å². The summed E-state index contributed by atoms with van der Waals surface area (Å²) < 4.78 is 38.1. The molecule has 84 valence electrons. The second-order valence-corrected chi connectivity index (χ2v) is 4.27. The molecule has 0 saturated carbocycles. The van der Waals surface area contributed by atoms with Gasteiger partial charge in [-0.2, -0.15) is 13.2 Å². The zero-order valence-electron chi connectivity index (χ0n) is 7.85. The van der Waals surface area contributed by atoms with Crippen LogP contribution in [0.15, 0.2) is 34.8 Å². The van der Waals surface area contributed by atoms with Crippen molar-refractivity contribution < 1.29 is 18.3 Å². The maximum Gasteiger partial charge on any atom is 0.416 e. The van der Waals surface area contributed by atoms with Crippen LogP contribution in [0, 0.1) is 0 Å². The summed E-state index contributed by atoms with van der Waals surface area (Å²) in [5, 5.41) is 10.3. The highest BCUT2D eigenvalue weighted by Crippen LogP contribution is 2.36. The Morgan fingerprint density at radius 3 is 2.38 bits per heavy atom. The van der Waals surface area contributed by atoms with Gasteiger partial charge in [0.2, 0.25) is 0 Å². The molecule has 0 fully saturated rings. The zero-order valence-corrected chi connectivity index (χ0v) is 9.43. The van der Waals surface area contributed by atoms with Crippen LogP contribution in [-0.4, -0.2) is 5.11 Å². The summed E-state index contributed by atoms with van der Waals surface area (Å²) in [6.45, 7) is 0. The first-order chi connectivity index (χ1) is 7.38. The van der Waals surface area contributed by atoms with Gasteiger partial charge in [0.25, 0.3) is 0 Å². The van der Waals surface area contributed by atoms with Gasteiger partial charge in [-0.1, -0.05) is 22.0 Å². The Bertz CT molecular complexity index is 549. The summed E-state index contributed by atoms with van der Waals surface area (Å²) in [5.74, 6) is -0.369. The lowest BCUT2D eigenvalue weighted by Gasteiger charge is -2.09. The standard InChI is InChI=1S/C11H6BrF3O/c12-8-2-1-6-3-7(11(13,14)15)4-10(16)9(6)5-8/h1-5,16H. The lowest BCUT2D eigenvalue weighted by molar-refractivity contribution is -0.137. The fourth-order valence-electron chi connectivity index (χ4n) is 1.47. The minimum atomic E-state index is -4.45. The third-order valence-electron chi connectivity index (χ3n) is 2.22. The van der Waals surface area contributed by atoms with Crippen molar-refractivity contribution in [2.75, 3.05) is 0 Å². The number of halogens is 4. The third kappa shape index (κ3) is 2.00. The van der Waals surface area contributed by atoms with Gasteiger partial charge in [-0.05, 0) is 29.7 Å². The summed E-state index contributed by atoms with van der Waals surface area (Å²) in [7, 11) is 0. The first-order valence-electron chi connectivity index (χ1n) is 4.37. The summed E-state index contributed by atoms with van der Waals surface area (Å²) >= 11 is 3.19. The average molecular weight is 291 g/mol. The number of phenols is 1. The Labute approximate surface area is 97.6 Å². The molecule has 0 spiro atoms. The van der Waals surface area contributed by atoms with Crippen LogP contribution in [0.25, 0.3) is 10.8 Å². The maximum absolute atomic E-state index is 12.5. The quantitative estimate of drug-likeness (QED) is 0.766. The molecule has 16 heavy (non-hydrogen) atoms. The molecule has 0 saturated heterocycles. The van der Waals surface area contributed by atoms with Gasteiger partial charge in [-0.25, -0.2) is 0 Å². The van der Waals surface area contributed by atoms with E-state index in [1.54, 1.807) is 12.1 Å². The topological polar surface area (TPSA) is 20.2 Å². The lowest BCUT2D eigenvalue weighted by Crippen LogP contribution is -2.04. The Morgan fingerprint density at radius 2 is 1.75 bits per heavy atom. The molecule has 2 aromatic carbocycles. The highest BCUT2D eigenvalue weighted by molar-refractivity contribution is 9.10. The van der Waals surface area contributed by atoms with E-state index >= 15 is 0 Å². The Hall–Kier alpha value is -1.23. The van der Waals surface area contributed by atoms with Crippen molar-refractivity contribution in [3.63, 3.8) is 0 Å². The van der Waals surface area contributed by atoms with E-state index in [1.807, 2.05) is 0 Å². The molecular formula is C11H6BrF3O. The fourth-order valence-corrected chi connectivity index (χ4v) is 1.84. The van der Waals surface area contributed by atoms with E-state index in [2.05, 4.69) is 15.9 Å². The largest absolute Gasteiger partial charge is 0.507 e. The van der Waals surface area contributed by atoms with E-state index in [-0.39, 0.29) is 5.75 Å². The number of benzene rings is 2. The summed E-state index contributed by atoms with van der Waals surface area (Å²) in [4.78, 5) is 0. The third-order valence-corrected chi connectivity index (χ3v) is 2.72. The average Bonchev–Trinajstić information content (AvgIpc) is 2.17. The number of hydrogen-bond acceptors (Lipinski definition) is 1. The van der Waals surface area contributed by atoms with Crippen LogP contribution in [0.2, 0.25) is 0 Å². The molecule has 0 aromatic heterocycles. The molecule has 5 heteroatoms. The normalized spacial score (nSPS) is 12.0. The lowest BCUT2D eigenvalue weighted by atomic mass is 10.1. The van der Waals surface area contributed by atoms with Crippen molar-refractivity contribution in [2.24, 2.45) is 0 Å². The minimum absolute atomic E-state index is 0.357. The van der Waals surface area contributed by atoms with E-state index < -0.39 is 11.7 Å². The number of alkyl halides is 3. The van der Waals surface area contributed by atoms with E-state index in [4.69, 9.17) is 0 Å². The first-order valence-corrected chi connectivity index (χ1v) is 5.17.